The van der Waals surface area contributed by atoms with Crippen molar-refractivity contribution in [1.82, 2.24) is 4.98 Å². The number of nitrogens with one attached hydrogen (secondary N) is 1. The first kappa shape index (κ1) is 15.9. The summed E-state index contributed by atoms with van der Waals surface area (Å²) < 4.78 is 1.77. The molecular formula is C15H10Br2N2OS2. The van der Waals surface area contributed by atoms with Crippen LogP contribution in [0.25, 0.3) is 9.88 Å². The van der Waals surface area contributed by atoms with Gasteiger partial charge < -0.3 is 5.32 Å². The largest absolute Gasteiger partial charge is 0.325 e. The molecule has 0 spiro atoms. The van der Waals surface area contributed by atoms with Crippen LogP contribution in [0.4, 0.5) is 5.69 Å². The van der Waals surface area contributed by atoms with Crippen molar-refractivity contribution in [2.24, 2.45) is 0 Å². The molecule has 1 amide bonds. The van der Waals surface area contributed by atoms with Crippen LogP contribution in [-0.4, -0.2) is 10.9 Å². The lowest BCUT2D eigenvalue weighted by Gasteiger charge is -2.07. The van der Waals surface area contributed by atoms with E-state index in [1.54, 1.807) is 22.7 Å². The highest BCUT2D eigenvalue weighted by molar-refractivity contribution is 9.11. The summed E-state index contributed by atoms with van der Waals surface area (Å²) in [5.74, 6) is -0.0816. The number of hydrogen-bond donors (Lipinski definition) is 1. The standard InChI is InChI=1S/C15H10Br2N2OS2/c16-9-3-4-11(17)12(6-9)19-14(20)7-10-8-22-15(18-10)13-2-1-5-21-13/h1-6,8H,7H2,(H,19,20). The topological polar surface area (TPSA) is 42.0 Å². The van der Waals surface area contributed by atoms with Gasteiger partial charge in [-0.05, 0) is 45.6 Å². The van der Waals surface area contributed by atoms with Crippen LogP contribution in [0.15, 0.2) is 50.0 Å². The number of thiazole rings is 1. The number of benzene rings is 1. The molecule has 0 bridgehead atoms. The van der Waals surface area contributed by atoms with E-state index in [2.05, 4.69) is 42.2 Å². The molecule has 112 valence electrons. The fourth-order valence-electron chi connectivity index (χ4n) is 1.85. The quantitative estimate of drug-likeness (QED) is 0.555. The molecule has 1 N–H and O–H groups in total. The number of halogens is 2. The molecule has 3 nitrogen and oxygen atoms in total. The zero-order valence-corrected chi connectivity index (χ0v) is 16.0. The van der Waals surface area contributed by atoms with Crippen LogP contribution in [0.3, 0.4) is 0 Å². The van der Waals surface area contributed by atoms with Crippen LogP contribution in [0, 0.1) is 0 Å². The van der Waals surface area contributed by atoms with Crippen LogP contribution in [0.1, 0.15) is 5.69 Å². The Morgan fingerprint density at radius 3 is 2.86 bits per heavy atom. The molecule has 2 aromatic heterocycles. The van der Waals surface area contributed by atoms with Gasteiger partial charge in [-0.25, -0.2) is 4.98 Å². The van der Waals surface area contributed by atoms with Gasteiger partial charge in [0.25, 0.3) is 0 Å². The molecular weight excluding hydrogens is 448 g/mol. The van der Waals surface area contributed by atoms with Gasteiger partial charge in [0, 0.05) is 14.3 Å². The molecule has 0 atom stereocenters. The summed E-state index contributed by atoms with van der Waals surface area (Å²) in [7, 11) is 0. The lowest BCUT2D eigenvalue weighted by atomic mass is 10.3. The van der Waals surface area contributed by atoms with E-state index in [4.69, 9.17) is 0 Å². The van der Waals surface area contributed by atoms with Crippen molar-refractivity contribution in [3.8, 4) is 9.88 Å². The van der Waals surface area contributed by atoms with E-state index in [0.717, 1.165) is 30.2 Å². The smallest absolute Gasteiger partial charge is 0.230 e. The zero-order valence-electron chi connectivity index (χ0n) is 11.2. The Kier molecular flexibility index (Phi) is 5.07. The summed E-state index contributed by atoms with van der Waals surface area (Å²) in [6.07, 6.45) is 0.265. The predicted octanol–water partition coefficient (Wildman–Crippen LogP) is 5.58. The van der Waals surface area contributed by atoms with Crippen molar-refractivity contribution >= 4 is 66.1 Å². The molecule has 0 unspecified atom stereocenters. The molecule has 22 heavy (non-hydrogen) atoms. The monoisotopic (exact) mass is 456 g/mol. The number of carbonyl (C=O) groups is 1. The maximum Gasteiger partial charge on any atom is 0.230 e. The molecule has 3 aromatic rings. The third-order valence-electron chi connectivity index (χ3n) is 2.83. The van der Waals surface area contributed by atoms with Crippen LogP contribution in [-0.2, 0) is 11.2 Å². The van der Waals surface area contributed by atoms with Gasteiger partial charge in [-0.1, -0.05) is 22.0 Å². The molecule has 0 aliphatic rings. The Bertz CT molecular complexity index is 800. The number of amides is 1. The van der Waals surface area contributed by atoms with Crippen LogP contribution in [0.5, 0.6) is 0 Å². The minimum absolute atomic E-state index is 0.0816. The lowest BCUT2D eigenvalue weighted by molar-refractivity contribution is -0.115. The van der Waals surface area contributed by atoms with E-state index in [1.165, 1.54) is 0 Å². The first-order valence-electron chi connectivity index (χ1n) is 6.35. The second-order valence-corrected chi connectivity index (χ2v) is 8.05. The highest BCUT2D eigenvalue weighted by Crippen LogP contribution is 2.29. The van der Waals surface area contributed by atoms with Crippen LogP contribution < -0.4 is 5.32 Å². The van der Waals surface area contributed by atoms with Crippen molar-refractivity contribution in [3.63, 3.8) is 0 Å². The zero-order chi connectivity index (χ0) is 15.5. The molecule has 7 heteroatoms. The number of nitrogens with zero attached hydrogens (tertiary/aromatic N) is 1. The van der Waals surface area contributed by atoms with Gasteiger partial charge in [-0.3, -0.25) is 4.79 Å². The molecule has 0 saturated carbocycles. The number of carbonyl (C=O) groups excluding carboxylic acids is 1. The van der Waals surface area contributed by atoms with Gasteiger partial charge in [0.1, 0.15) is 5.01 Å². The van der Waals surface area contributed by atoms with E-state index in [0.29, 0.717) is 0 Å². The fraction of sp³-hybridized carbons (Fsp3) is 0.0667. The van der Waals surface area contributed by atoms with Crippen LogP contribution in [0.2, 0.25) is 0 Å². The maximum absolute atomic E-state index is 12.2. The highest BCUT2D eigenvalue weighted by Gasteiger charge is 2.11. The molecule has 0 radical (unpaired) electrons. The lowest BCUT2D eigenvalue weighted by Crippen LogP contribution is -2.14. The van der Waals surface area contributed by atoms with Gasteiger partial charge >= 0.3 is 0 Å². The normalized spacial score (nSPS) is 10.6. The minimum atomic E-state index is -0.0816. The highest BCUT2D eigenvalue weighted by atomic mass is 79.9. The fourth-order valence-corrected chi connectivity index (χ4v) is 4.19. The first-order chi connectivity index (χ1) is 10.6. The SMILES string of the molecule is O=C(Cc1csc(-c2cccs2)n1)Nc1cc(Br)ccc1Br. The number of rotatable bonds is 4. The minimum Gasteiger partial charge on any atom is -0.325 e. The molecule has 1 aromatic carbocycles. The number of aromatic nitrogens is 1. The number of hydrogen-bond acceptors (Lipinski definition) is 4. The molecule has 0 aliphatic carbocycles. The van der Waals surface area contributed by atoms with E-state index in [9.17, 15) is 4.79 Å². The van der Waals surface area contributed by atoms with Gasteiger partial charge in [0.15, 0.2) is 0 Å². The Hall–Kier alpha value is -1.02. The van der Waals surface area contributed by atoms with Gasteiger partial charge in [0.05, 0.1) is 22.7 Å². The Morgan fingerprint density at radius 2 is 2.09 bits per heavy atom. The number of anilines is 1. The van der Waals surface area contributed by atoms with Gasteiger partial charge in [-0.2, -0.15) is 0 Å². The summed E-state index contributed by atoms with van der Waals surface area (Å²) in [5, 5.41) is 7.81. The van der Waals surface area contributed by atoms with E-state index in [1.807, 2.05) is 41.1 Å². The second kappa shape index (κ2) is 7.04. The average molecular weight is 458 g/mol. The van der Waals surface area contributed by atoms with Crippen molar-refractivity contribution in [2.75, 3.05) is 5.32 Å². The molecule has 0 fully saturated rings. The van der Waals surface area contributed by atoms with Gasteiger partial charge in [-0.15, -0.1) is 22.7 Å². The maximum atomic E-state index is 12.2. The van der Waals surface area contributed by atoms with Gasteiger partial charge in [0.2, 0.25) is 5.91 Å². The Morgan fingerprint density at radius 1 is 1.23 bits per heavy atom. The Labute approximate surface area is 152 Å². The van der Waals surface area contributed by atoms with Crippen molar-refractivity contribution < 1.29 is 4.79 Å². The van der Waals surface area contributed by atoms with Crippen molar-refractivity contribution in [1.29, 1.82) is 0 Å². The molecule has 0 aliphatic heterocycles. The summed E-state index contributed by atoms with van der Waals surface area (Å²) in [6, 6.07) is 9.69. The summed E-state index contributed by atoms with van der Waals surface area (Å²) in [5.41, 5.74) is 1.53. The molecule has 2 heterocycles. The average Bonchev–Trinajstić information content (AvgIpc) is 3.13. The third-order valence-corrected chi connectivity index (χ3v) is 5.94. The number of thiophene rings is 1. The van der Waals surface area contributed by atoms with E-state index < -0.39 is 0 Å². The summed E-state index contributed by atoms with van der Waals surface area (Å²) >= 11 is 10.0. The van der Waals surface area contributed by atoms with Crippen molar-refractivity contribution in [2.45, 2.75) is 6.42 Å². The van der Waals surface area contributed by atoms with E-state index in [-0.39, 0.29) is 12.3 Å². The molecule has 0 saturated heterocycles. The Balaban J connectivity index is 1.68. The summed E-state index contributed by atoms with van der Waals surface area (Å²) in [4.78, 5) is 17.8. The first-order valence-corrected chi connectivity index (χ1v) is 9.69. The van der Waals surface area contributed by atoms with Crippen LogP contribution >= 0.6 is 54.5 Å². The van der Waals surface area contributed by atoms with Crippen molar-refractivity contribution in [3.05, 3.63) is 55.7 Å². The molecule has 3 rings (SSSR count). The summed E-state index contributed by atoms with van der Waals surface area (Å²) in [6.45, 7) is 0. The third kappa shape index (κ3) is 3.84. The second-order valence-electron chi connectivity index (χ2n) is 4.47. The van der Waals surface area contributed by atoms with E-state index >= 15 is 0 Å². The predicted molar refractivity (Wildman–Crippen MR) is 99.6 cm³/mol.